The van der Waals surface area contributed by atoms with E-state index in [4.69, 9.17) is 14.6 Å². The van der Waals surface area contributed by atoms with E-state index in [1.807, 2.05) is 32.0 Å². The second-order valence-electron chi connectivity index (χ2n) is 2.66. The maximum Gasteiger partial charge on any atom is 0.160 e. The molecule has 0 atom stereocenters. The first kappa shape index (κ1) is 13.8. The Labute approximate surface area is 91.6 Å². The molecule has 1 N–H and O–H groups in total. The average molecular weight is 212 g/mol. The Bertz CT molecular complexity index is 272. The normalized spacial score (nSPS) is 8.87. The third kappa shape index (κ3) is 4.21. The standard InChI is InChI=1S/C10H14O3.C2H6/c1-12-9-4-3-8(5-6-11)7-10(9)13-2;1-2/h3-4,7,11H,5-6H2,1-2H3;1-2H3. The van der Waals surface area contributed by atoms with Crippen molar-refractivity contribution in [2.75, 3.05) is 20.8 Å². The van der Waals surface area contributed by atoms with E-state index < -0.39 is 0 Å². The lowest BCUT2D eigenvalue weighted by Gasteiger charge is -2.08. The molecule has 0 saturated heterocycles. The Kier molecular flexibility index (Phi) is 7.46. The van der Waals surface area contributed by atoms with Crippen molar-refractivity contribution in [2.45, 2.75) is 20.3 Å². The predicted molar refractivity (Wildman–Crippen MR) is 61.7 cm³/mol. The lowest BCUT2D eigenvalue weighted by molar-refractivity contribution is 0.299. The van der Waals surface area contributed by atoms with E-state index in [2.05, 4.69) is 0 Å². The van der Waals surface area contributed by atoms with Crippen LogP contribution in [-0.4, -0.2) is 25.9 Å². The molecular weight excluding hydrogens is 192 g/mol. The van der Waals surface area contributed by atoms with Gasteiger partial charge in [-0.25, -0.2) is 0 Å². The van der Waals surface area contributed by atoms with Gasteiger partial charge in [-0.2, -0.15) is 0 Å². The van der Waals surface area contributed by atoms with Crippen molar-refractivity contribution in [1.82, 2.24) is 0 Å². The first-order chi connectivity index (χ1) is 7.31. The topological polar surface area (TPSA) is 38.7 Å². The summed E-state index contributed by atoms with van der Waals surface area (Å²) in [6, 6.07) is 5.62. The molecule has 0 aromatic heterocycles. The highest BCUT2D eigenvalue weighted by Gasteiger charge is 2.03. The predicted octanol–water partition coefficient (Wildman–Crippen LogP) is 2.26. The van der Waals surface area contributed by atoms with Crippen LogP contribution in [0.5, 0.6) is 11.5 Å². The molecule has 0 aliphatic rings. The van der Waals surface area contributed by atoms with Gasteiger partial charge in [0.1, 0.15) is 0 Å². The number of aliphatic hydroxyl groups is 1. The van der Waals surface area contributed by atoms with Crippen LogP contribution in [0.3, 0.4) is 0 Å². The minimum absolute atomic E-state index is 0.148. The van der Waals surface area contributed by atoms with Crippen LogP contribution in [0.25, 0.3) is 0 Å². The first-order valence-corrected chi connectivity index (χ1v) is 5.13. The molecule has 0 aliphatic heterocycles. The molecule has 86 valence electrons. The summed E-state index contributed by atoms with van der Waals surface area (Å²) in [5.74, 6) is 1.41. The zero-order chi connectivity index (χ0) is 11.7. The third-order valence-corrected chi connectivity index (χ3v) is 1.85. The summed E-state index contributed by atoms with van der Waals surface area (Å²) in [4.78, 5) is 0. The smallest absolute Gasteiger partial charge is 0.160 e. The monoisotopic (exact) mass is 212 g/mol. The van der Waals surface area contributed by atoms with Gasteiger partial charge in [-0.1, -0.05) is 19.9 Å². The molecule has 0 unspecified atom stereocenters. The van der Waals surface area contributed by atoms with Gasteiger partial charge in [0.05, 0.1) is 14.2 Å². The number of hydrogen-bond acceptors (Lipinski definition) is 3. The van der Waals surface area contributed by atoms with E-state index in [0.717, 1.165) is 5.56 Å². The molecule has 0 aliphatic carbocycles. The van der Waals surface area contributed by atoms with Gasteiger partial charge in [-0.05, 0) is 24.1 Å². The van der Waals surface area contributed by atoms with Gasteiger partial charge < -0.3 is 14.6 Å². The van der Waals surface area contributed by atoms with Gasteiger partial charge in [0.25, 0.3) is 0 Å². The molecule has 0 heterocycles. The summed E-state index contributed by atoms with van der Waals surface area (Å²) in [5, 5.41) is 8.74. The summed E-state index contributed by atoms with van der Waals surface area (Å²) in [5.41, 5.74) is 1.04. The molecular formula is C12H20O3. The Morgan fingerprint density at radius 1 is 1.07 bits per heavy atom. The summed E-state index contributed by atoms with van der Waals surface area (Å²) >= 11 is 0. The van der Waals surface area contributed by atoms with Crippen LogP contribution in [0.15, 0.2) is 18.2 Å². The van der Waals surface area contributed by atoms with Crippen molar-refractivity contribution in [3.8, 4) is 11.5 Å². The van der Waals surface area contributed by atoms with Crippen LogP contribution >= 0.6 is 0 Å². The van der Waals surface area contributed by atoms with E-state index in [-0.39, 0.29) is 6.61 Å². The highest BCUT2D eigenvalue weighted by atomic mass is 16.5. The van der Waals surface area contributed by atoms with Crippen molar-refractivity contribution in [1.29, 1.82) is 0 Å². The summed E-state index contributed by atoms with van der Waals surface area (Å²) < 4.78 is 10.2. The maximum atomic E-state index is 8.74. The fourth-order valence-electron chi connectivity index (χ4n) is 1.17. The van der Waals surface area contributed by atoms with Gasteiger partial charge in [-0.15, -0.1) is 0 Å². The number of benzene rings is 1. The molecule has 15 heavy (non-hydrogen) atoms. The highest BCUT2D eigenvalue weighted by molar-refractivity contribution is 5.42. The van der Waals surface area contributed by atoms with Crippen molar-refractivity contribution < 1.29 is 14.6 Å². The highest BCUT2D eigenvalue weighted by Crippen LogP contribution is 2.27. The first-order valence-electron chi connectivity index (χ1n) is 5.13. The van der Waals surface area contributed by atoms with E-state index in [1.165, 1.54) is 0 Å². The fraction of sp³-hybridized carbons (Fsp3) is 0.500. The van der Waals surface area contributed by atoms with Crippen molar-refractivity contribution in [3.63, 3.8) is 0 Å². The molecule has 0 radical (unpaired) electrons. The summed E-state index contributed by atoms with van der Waals surface area (Å²) in [6.07, 6.45) is 0.639. The Balaban J connectivity index is 0.000000921. The largest absolute Gasteiger partial charge is 0.493 e. The Morgan fingerprint density at radius 2 is 1.67 bits per heavy atom. The molecule has 0 spiro atoms. The molecule has 0 amide bonds. The van der Waals surface area contributed by atoms with Crippen LogP contribution in [0.2, 0.25) is 0 Å². The van der Waals surface area contributed by atoms with Crippen molar-refractivity contribution >= 4 is 0 Å². The van der Waals surface area contributed by atoms with Gasteiger partial charge in [-0.3, -0.25) is 0 Å². The molecule has 0 fully saturated rings. The Hall–Kier alpha value is -1.22. The average Bonchev–Trinajstić information content (AvgIpc) is 2.32. The molecule has 0 saturated carbocycles. The second kappa shape index (κ2) is 8.12. The van der Waals surface area contributed by atoms with Crippen LogP contribution in [0.4, 0.5) is 0 Å². The van der Waals surface area contributed by atoms with Crippen LogP contribution in [0, 0.1) is 0 Å². The van der Waals surface area contributed by atoms with Gasteiger partial charge in [0, 0.05) is 6.61 Å². The van der Waals surface area contributed by atoms with Gasteiger partial charge in [0.2, 0.25) is 0 Å². The number of hydrogen-bond donors (Lipinski definition) is 1. The number of ether oxygens (including phenoxy) is 2. The van der Waals surface area contributed by atoms with E-state index in [9.17, 15) is 0 Å². The van der Waals surface area contributed by atoms with E-state index >= 15 is 0 Å². The molecule has 1 aromatic rings. The number of aliphatic hydroxyl groups excluding tert-OH is 1. The van der Waals surface area contributed by atoms with E-state index in [0.29, 0.717) is 17.9 Å². The molecule has 3 heteroatoms. The quantitative estimate of drug-likeness (QED) is 0.832. The zero-order valence-electron chi connectivity index (χ0n) is 9.91. The second-order valence-corrected chi connectivity index (χ2v) is 2.66. The number of rotatable bonds is 4. The minimum Gasteiger partial charge on any atom is -0.493 e. The van der Waals surface area contributed by atoms with Crippen molar-refractivity contribution in [3.05, 3.63) is 23.8 Å². The SMILES string of the molecule is CC.COc1ccc(CCO)cc1OC. The van der Waals surface area contributed by atoms with Crippen LogP contribution in [0.1, 0.15) is 19.4 Å². The number of methoxy groups -OCH3 is 2. The van der Waals surface area contributed by atoms with E-state index in [1.54, 1.807) is 14.2 Å². The van der Waals surface area contributed by atoms with Gasteiger partial charge >= 0.3 is 0 Å². The van der Waals surface area contributed by atoms with Gasteiger partial charge in [0.15, 0.2) is 11.5 Å². The summed E-state index contributed by atoms with van der Waals surface area (Å²) in [7, 11) is 3.20. The van der Waals surface area contributed by atoms with Crippen LogP contribution < -0.4 is 9.47 Å². The molecule has 1 aromatic carbocycles. The minimum atomic E-state index is 0.148. The summed E-state index contributed by atoms with van der Waals surface area (Å²) in [6.45, 7) is 4.15. The van der Waals surface area contributed by atoms with Crippen LogP contribution in [-0.2, 0) is 6.42 Å². The lowest BCUT2D eigenvalue weighted by atomic mass is 10.1. The molecule has 3 nitrogen and oxygen atoms in total. The zero-order valence-corrected chi connectivity index (χ0v) is 9.91. The third-order valence-electron chi connectivity index (χ3n) is 1.85. The maximum absolute atomic E-state index is 8.74. The Morgan fingerprint density at radius 3 is 2.13 bits per heavy atom. The fourth-order valence-corrected chi connectivity index (χ4v) is 1.17. The molecule has 1 rings (SSSR count). The molecule has 0 bridgehead atoms. The van der Waals surface area contributed by atoms with Crippen molar-refractivity contribution in [2.24, 2.45) is 0 Å². The lowest BCUT2D eigenvalue weighted by Crippen LogP contribution is -1.94.